The molecule has 0 amide bonds. The molecule has 1 heterocycles. The van der Waals surface area contributed by atoms with Gasteiger partial charge in [0.25, 0.3) is 0 Å². The second-order valence-corrected chi connectivity index (χ2v) is 5.26. The SMILES string of the molecule is CCN(CC)CCNC(C)c1ccc(-n2ccnc2)cc1. The van der Waals surface area contributed by atoms with Crippen molar-refractivity contribution in [1.82, 2.24) is 19.8 Å². The van der Waals surface area contributed by atoms with E-state index in [1.54, 1.807) is 6.20 Å². The molecule has 1 aromatic heterocycles. The number of imidazole rings is 1. The summed E-state index contributed by atoms with van der Waals surface area (Å²) < 4.78 is 2.02. The number of rotatable bonds is 8. The summed E-state index contributed by atoms with van der Waals surface area (Å²) in [6.45, 7) is 11.0. The quantitative estimate of drug-likeness (QED) is 0.810. The van der Waals surface area contributed by atoms with E-state index < -0.39 is 0 Å². The maximum absolute atomic E-state index is 4.08. The third-order valence-corrected chi connectivity index (χ3v) is 3.97. The van der Waals surface area contributed by atoms with Crippen LogP contribution in [0.3, 0.4) is 0 Å². The second kappa shape index (κ2) is 7.96. The van der Waals surface area contributed by atoms with E-state index in [2.05, 4.69) is 60.2 Å². The van der Waals surface area contributed by atoms with Gasteiger partial charge >= 0.3 is 0 Å². The number of benzene rings is 1. The first kappa shape index (κ1) is 15.7. The van der Waals surface area contributed by atoms with E-state index in [-0.39, 0.29) is 0 Å². The molecule has 1 atom stereocenters. The predicted octanol–water partition coefficient (Wildman–Crippen LogP) is 2.86. The van der Waals surface area contributed by atoms with Crippen LogP contribution in [-0.4, -0.2) is 40.6 Å². The fourth-order valence-electron chi connectivity index (χ4n) is 2.44. The zero-order valence-corrected chi connectivity index (χ0v) is 13.3. The van der Waals surface area contributed by atoms with Crippen LogP contribution >= 0.6 is 0 Å². The van der Waals surface area contributed by atoms with Gasteiger partial charge in [0.05, 0.1) is 6.33 Å². The Hall–Kier alpha value is -1.65. The summed E-state index contributed by atoms with van der Waals surface area (Å²) in [5, 5.41) is 3.59. The van der Waals surface area contributed by atoms with Crippen molar-refractivity contribution in [2.45, 2.75) is 26.8 Å². The van der Waals surface area contributed by atoms with Crippen molar-refractivity contribution in [3.8, 4) is 5.69 Å². The summed E-state index contributed by atoms with van der Waals surface area (Å²) in [5.74, 6) is 0. The number of hydrogen-bond donors (Lipinski definition) is 1. The van der Waals surface area contributed by atoms with Crippen LogP contribution in [0.5, 0.6) is 0 Å². The van der Waals surface area contributed by atoms with Gasteiger partial charge in [-0.25, -0.2) is 4.98 Å². The molecular formula is C17H26N4. The smallest absolute Gasteiger partial charge is 0.0991 e. The molecule has 0 aliphatic rings. The molecule has 4 nitrogen and oxygen atoms in total. The Balaban J connectivity index is 1.86. The van der Waals surface area contributed by atoms with Gasteiger partial charge < -0.3 is 14.8 Å². The summed E-state index contributed by atoms with van der Waals surface area (Å²) >= 11 is 0. The van der Waals surface area contributed by atoms with Crippen LogP contribution in [-0.2, 0) is 0 Å². The summed E-state index contributed by atoms with van der Waals surface area (Å²) in [6, 6.07) is 9.02. The summed E-state index contributed by atoms with van der Waals surface area (Å²) in [7, 11) is 0. The predicted molar refractivity (Wildman–Crippen MR) is 87.8 cm³/mol. The molecule has 0 aliphatic heterocycles. The van der Waals surface area contributed by atoms with E-state index in [1.165, 1.54) is 5.56 Å². The van der Waals surface area contributed by atoms with E-state index in [4.69, 9.17) is 0 Å². The van der Waals surface area contributed by atoms with Gasteiger partial charge in [-0.15, -0.1) is 0 Å². The maximum Gasteiger partial charge on any atom is 0.0991 e. The van der Waals surface area contributed by atoms with E-state index in [0.717, 1.165) is 31.9 Å². The molecule has 0 bridgehead atoms. The van der Waals surface area contributed by atoms with Crippen molar-refractivity contribution < 1.29 is 0 Å². The Morgan fingerprint density at radius 2 is 1.90 bits per heavy atom. The Morgan fingerprint density at radius 3 is 2.48 bits per heavy atom. The Bertz CT molecular complexity index is 500. The molecule has 2 rings (SSSR count). The number of nitrogens with zero attached hydrogens (tertiary/aromatic N) is 3. The topological polar surface area (TPSA) is 33.1 Å². The Morgan fingerprint density at radius 1 is 1.19 bits per heavy atom. The van der Waals surface area contributed by atoms with Gasteiger partial charge in [-0.3, -0.25) is 0 Å². The highest BCUT2D eigenvalue weighted by atomic mass is 15.1. The molecular weight excluding hydrogens is 260 g/mol. The van der Waals surface area contributed by atoms with Gasteiger partial charge in [-0.05, 0) is 37.7 Å². The van der Waals surface area contributed by atoms with E-state index in [0.29, 0.717) is 6.04 Å². The lowest BCUT2D eigenvalue weighted by Gasteiger charge is -2.20. The van der Waals surface area contributed by atoms with Crippen molar-refractivity contribution in [2.24, 2.45) is 0 Å². The number of aromatic nitrogens is 2. The average molecular weight is 286 g/mol. The fraction of sp³-hybridized carbons (Fsp3) is 0.471. The molecule has 0 radical (unpaired) electrons. The van der Waals surface area contributed by atoms with Gasteiger partial charge in [0.1, 0.15) is 0 Å². The van der Waals surface area contributed by atoms with Crippen LogP contribution in [0.15, 0.2) is 43.0 Å². The number of nitrogens with one attached hydrogen (secondary N) is 1. The molecule has 0 fully saturated rings. The zero-order chi connectivity index (χ0) is 15.1. The minimum atomic E-state index is 0.373. The molecule has 1 N–H and O–H groups in total. The monoisotopic (exact) mass is 286 g/mol. The standard InChI is InChI=1S/C17H26N4/c1-4-20(5-2)12-11-19-15(3)16-6-8-17(9-7-16)21-13-10-18-14-21/h6-10,13-15,19H,4-5,11-12H2,1-3H3. The summed E-state index contributed by atoms with van der Waals surface area (Å²) in [6.07, 6.45) is 5.58. The molecule has 0 spiro atoms. The van der Waals surface area contributed by atoms with Crippen molar-refractivity contribution in [1.29, 1.82) is 0 Å². The lowest BCUT2D eigenvalue weighted by atomic mass is 10.1. The third kappa shape index (κ3) is 4.41. The Labute approximate surface area is 127 Å². The molecule has 1 aromatic carbocycles. The molecule has 0 saturated carbocycles. The summed E-state index contributed by atoms with van der Waals surface area (Å²) in [4.78, 5) is 6.51. The van der Waals surface area contributed by atoms with Gasteiger partial charge in [-0.1, -0.05) is 26.0 Å². The number of hydrogen-bond acceptors (Lipinski definition) is 3. The molecule has 0 saturated heterocycles. The van der Waals surface area contributed by atoms with Gasteiger partial charge in [-0.2, -0.15) is 0 Å². The zero-order valence-electron chi connectivity index (χ0n) is 13.3. The fourth-order valence-corrected chi connectivity index (χ4v) is 2.44. The molecule has 2 aromatic rings. The van der Waals surface area contributed by atoms with Crippen molar-refractivity contribution >= 4 is 0 Å². The minimum absolute atomic E-state index is 0.373. The van der Waals surface area contributed by atoms with Crippen molar-refractivity contribution in [3.63, 3.8) is 0 Å². The van der Waals surface area contributed by atoms with E-state index >= 15 is 0 Å². The number of likely N-dealkylation sites (N-methyl/N-ethyl adjacent to an activating group) is 1. The van der Waals surface area contributed by atoms with Crippen molar-refractivity contribution in [2.75, 3.05) is 26.2 Å². The van der Waals surface area contributed by atoms with Crippen LogP contribution in [0.1, 0.15) is 32.4 Å². The van der Waals surface area contributed by atoms with Gasteiger partial charge in [0.2, 0.25) is 0 Å². The third-order valence-electron chi connectivity index (χ3n) is 3.97. The van der Waals surface area contributed by atoms with Crippen molar-refractivity contribution in [3.05, 3.63) is 48.5 Å². The van der Waals surface area contributed by atoms with E-state index in [1.807, 2.05) is 17.1 Å². The lowest BCUT2D eigenvalue weighted by Crippen LogP contribution is -2.33. The molecule has 4 heteroatoms. The van der Waals surface area contributed by atoms with Crippen LogP contribution < -0.4 is 5.32 Å². The van der Waals surface area contributed by atoms with Gasteiger partial charge in [0, 0.05) is 37.2 Å². The molecule has 114 valence electrons. The highest BCUT2D eigenvalue weighted by Gasteiger charge is 2.06. The first-order valence-corrected chi connectivity index (χ1v) is 7.78. The van der Waals surface area contributed by atoms with Crippen LogP contribution in [0.25, 0.3) is 5.69 Å². The summed E-state index contributed by atoms with van der Waals surface area (Å²) in [5.41, 5.74) is 2.46. The normalized spacial score (nSPS) is 12.8. The molecule has 1 unspecified atom stereocenters. The first-order valence-electron chi connectivity index (χ1n) is 7.78. The molecule has 0 aliphatic carbocycles. The van der Waals surface area contributed by atoms with Gasteiger partial charge in [0.15, 0.2) is 0 Å². The van der Waals surface area contributed by atoms with Crippen LogP contribution in [0.4, 0.5) is 0 Å². The highest BCUT2D eigenvalue weighted by molar-refractivity contribution is 5.35. The van der Waals surface area contributed by atoms with Crippen LogP contribution in [0.2, 0.25) is 0 Å². The first-order chi connectivity index (χ1) is 10.2. The maximum atomic E-state index is 4.08. The van der Waals surface area contributed by atoms with E-state index in [9.17, 15) is 0 Å². The highest BCUT2D eigenvalue weighted by Crippen LogP contribution is 2.15. The Kier molecular flexibility index (Phi) is 5.96. The average Bonchev–Trinajstić information content (AvgIpc) is 3.06. The lowest BCUT2D eigenvalue weighted by molar-refractivity contribution is 0.298. The minimum Gasteiger partial charge on any atom is -0.309 e. The largest absolute Gasteiger partial charge is 0.309 e. The molecule has 21 heavy (non-hydrogen) atoms. The van der Waals surface area contributed by atoms with Crippen LogP contribution in [0, 0.1) is 0 Å². The second-order valence-electron chi connectivity index (χ2n) is 5.26.